The fraction of sp³-hybridized carbons (Fsp3) is 0.200. The summed E-state index contributed by atoms with van der Waals surface area (Å²) in [5.74, 6) is -0.167. The van der Waals surface area contributed by atoms with Crippen molar-refractivity contribution in [2.75, 3.05) is 0 Å². The summed E-state index contributed by atoms with van der Waals surface area (Å²) < 4.78 is 13.1. The Morgan fingerprint density at radius 2 is 2.00 bits per heavy atom. The zero-order valence-electron chi connectivity index (χ0n) is 7.02. The molecule has 0 spiro atoms. The van der Waals surface area contributed by atoms with Crippen LogP contribution in [0.1, 0.15) is 11.1 Å². The highest BCUT2D eigenvalue weighted by Gasteiger charge is 2.14. The minimum Gasteiger partial charge on any atom is -0.361 e. The van der Waals surface area contributed by atoms with E-state index in [4.69, 9.17) is 0 Å². The van der Waals surface area contributed by atoms with Crippen molar-refractivity contribution in [3.8, 4) is 0 Å². The molecule has 3 rings (SSSR count). The predicted molar refractivity (Wildman–Crippen MR) is 48.8 cm³/mol. The Labute approximate surface area is 74.8 Å². The summed E-state index contributed by atoms with van der Waals surface area (Å²) in [4.78, 5) is 3.08. The lowest BCUT2D eigenvalue weighted by Crippen LogP contribution is -2.17. The molecule has 0 saturated heterocycles. The van der Waals surface area contributed by atoms with Crippen LogP contribution in [0, 0.1) is 5.82 Å². The van der Waals surface area contributed by atoms with E-state index >= 15 is 0 Å². The molecule has 0 bridgehead atoms. The van der Waals surface area contributed by atoms with Crippen LogP contribution in [0.5, 0.6) is 0 Å². The number of aromatic nitrogens is 1. The van der Waals surface area contributed by atoms with Crippen LogP contribution in [0.4, 0.5) is 4.39 Å². The zero-order chi connectivity index (χ0) is 8.84. The zero-order valence-corrected chi connectivity index (χ0v) is 7.02. The van der Waals surface area contributed by atoms with Crippen molar-refractivity contribution in [2.24, 2.45) is 0 Å². The van der Waals surface area contributed by atoms with Crippen molar-refractivity contribution in [3.05, 3.63) is 35.3 Å². The number of hydrogen-bond donors (Lipinski definition) is 2. The van der Waals surface area contributed by atoms with Gasteiger partial charge in [-0.2, -0.15) is 0 Å². The van der Waals surface area contributed by atoms with Gasteiger partial charge < -0.3 is 10.3 Å². The third-order valence-electron chi connectivity index (χ3n) is 2.54. The Morgan fingerprint density at radius 1 is 1.15 bits per heavy atom. The molecule has 1 aliphatic rings. The number of aromatic amines is 1. The number of hydrogen-bond acceptors (Lipinski definition) is 1. The number of benzene rings is 1. The molecular formula is C10H9FN2. The van der Waals surface area contributed by atoms with Crippen molar-refractivity contribution in [2.45, 2.75) is 13.1 Å². The summed E-state index contributed by atoms with van der Waals surface area (Å²) in [5, 5.41) is 4.42. The largest absolute Gasteiger partial charge is 0.361 e. The molecule has 66 valence electrons. The van der Waals surface area contributed by atoms with Gasteiger partial charge in [0.15, 0.2) is 0 Å². The van der Waals surface area contributed by atoms with Crippen LogP contribution in [0.3, 0.4) is 0 Å². The van der Waals surface area contributed by atoms with Crippen LogP contribution in [0.15, 0.2) is 18.3 Å². The smallest absolute Gasteiger partial charge is 0.125 e. The molecule has 0 saturated carbocycles. The van der Waals surface area contributed by atoms with E-state index in [0.29, 0.717) is 0 Å². The second kappa shape index (κ2) is 2.33. The van der Waals surface area contributed by atoms with Gasteiger partial charge in [0.25, 0.3) is 0 Å². The molecule has 0 amide bonds. The highest BCUT2D eigenvalue weighted by Crippen LogP contribution is 2.26. The van der Waals surface area contributed by atoms with Crippen molar-refractivity contribution in [3.63, 3.8) is 0 Å². The fourth-order valence-electron chi connectivity index (χ4n) is 2.00. The summed E-state index contributed by atoms with van der Waals surface area (Å²) in [6.07, 6.45) is 1.94. The Hall–Kier alpha value is -1.35. The molecule has 1 aliphatic heterocycles. The highest BCUT2D eigenvalue weighted by molar-refractivity contribution is 5.87. The molecule has 0 fully saturated rings. The van der Waals surface area contributed by atoms with E-state index in [2.05, 4.69) is 10.3 Å². The lowest BCUT2D eigenvalue weighted by molar-refractivity contribution is 0.620. The molecule has 0 radical (unpaired) electrons. The minimum absolute atomic E-state index is 0.167. The van der Waals surface area contributed by atoms with Crippen LogP contribution in [-0.4, -0.2) is 4.98 Å². The molecule has 1 aromatic carbocycles. The van der Waals surface area contributed by atoms with Gasteiger partial charge in [0.05, 0.1) is 0 Å². The Morgan fingerprint density at radius 3 is 2.92 bits per heavy atom. The van der Waals surface area contributed by atoms with E-state index in [9.17, 15) is 4.39 Å². The molecule has 13 heavy (non-hydrogen) atoms. The lowest BCUT2D eigenvalue weighted by Gasteiger charge is -2.13. The van der Waals surface area contributed by atoms with Gasteiger partial charge in [0.1, 0.15) is 5.82 Å². The quantitative estimate of drug-likeness (QED) is 0.630. The third-order valence-corrected chi connectivity index (χ3v) is 2.54. The number of rotatable bonds is 0. The normalized spacial score (nSPS) is 15.2. The van der Waals surface area contributed by atoms with E-state index in [-0.39, 0.29) is 5.82 Å². The molecular weight excluding hydrogens is 167 g/mol. The second-order valence-electron chi connectivity index (χ2n) is 3.40. The summed E-state index contributed by atoms with van der Waals surface area (Å²) in [6.45, 7) is 1.64. The first-order chi connectivity index (χ1) is 6.34. The van der Waals surface area contributed by atoms with E-state index in [1.54, 1.807) is 12.1 Å². The molecule has 2 heterocycles. The Balaban J connectivity index is 2.47. The van der Waals surface area contributed by atoms with Crippen molar-refractivity contribution >= 4 is 10.9 Å². The second-order valence-corrected chi connectivity index (χ2v) is 3.40. The molecule has 2 N–H and O–H groups in total. The van der Waals surface area contributed by atoms with Gasteiger partial charge in [0.2, 0.25) is 0 Å². The average Bonchev–Trinajstić information content (AvgIpc) is 2.50. The van der Waals surface area contributed by atoms with E-state index in [1.165, 1.54) is 10.9 Å². The van der Waals surface area contributed by atoms with Gasteiger partial charge in [-0.3, -0.25) is 0 Å². The van der Waals surface area contributed by atoms with Crippen LogP contribution < -0.4 is 5.32 Å². The topological polar surface area (TPSA) is 27.8 Å². The van der Waals surface area contributed by atoms with Gasteiger partial charge in [-0.25, -0.2) is 4.39 Å². The molecule has 2 nitrogen and oxygen atoms in total. The Kier molecular flexibility index (Phi) is 1.27. The SMILES string of the molecule is Fc1cc2c3c(c[nH]c3c1)CNC2. The van der Waals surface area contributed by atoms with Crippen molar-refractivity contribution in [1.29, 1.82) is 0 Å². The van der Waals surface area contributed by atoms with Crippen LogP contribution in [0.25, 0.3) is 10.9 Å². The highest BCUT2D eigenvalue weighted by atomic mass is 19.1. The van der Waals surface area contributed by atoms with Gasteiger partial charge in [-0.05, 0) is 23.3 Å². The average molecular weight is 176 g/mol. The third kappa shape index (κ3) is 0.906. The number of H-pyrrole nitrogens is 1. The maximum absolute atomic E-state index is 13.1. The molecule has 0 aliphatic carbocycles. The number of nitrogens with one attached hydrogen (secondary N) is 2. The van der Waals surface area contributed by atoms with Gasteiger partial charge >= 0.3 is 0 Å². The van der Waals surface area contributed by atoms with Gasteiger partial charge in [-0.1, -0.05) is 0 Å². The van der Waals surface area contributed by atoms with Gasteiger partial charge in [-0.15, -0.1) is 0 Å². The molecule has 1 aromatic heterocycles. The van der Waals surface area contributed by atoms with E-state index < -0.39 is 0 Å². The summed E-state index contributed by atoms with van der Waals surface area (Å²) in [7, 11) is 0. The maximum atomic E-state index is 13.1. The van der Waals surface area contributed by atoms with Crippen LogP contribution in [-0.2, 0) is 13.1 Å². The van der Waals surface area contributed by atoms with E-state index in [0.717, 1.165) is 24.2 Å². The Bertz CT molecular complexity index is 473. The maximum Gasteiger partial charge on any atom is 0.125 e. The first-order valence-electron chi connectivity index (χ1n) is 4.34. The predicted octanol–water partition coefficient (Wildman–Crippen LogP) is 1.91. The van der Waals surface area contributed by atoms with Crippen LogP contribution in [0.2, 0.25) is 0 Å². The number of halogens is 1. The van der Waals surface area contributed by atoms with Crippen molar-refractivity contribution in [1.82, 2.24) is 10.3 Å². The molecule has 0 unspecified atom stereocenters. The summed E-state index contributed by atoms with van der Waals surface area (Å²) >= 11 is 0. The van der Waals surface area contributed by atoms with Gasteiger partial charge in [0, 0.05) is 30.2 Å². The first-order valence-corrected chi connectivity index (χ1v) is 4.34. The fourth-order valence-corrected chi connectivity index (χ4v) is 2.00. The van der Waals surface area contributed by atoms with E-state index in [1.807, 2.05) is 6.20 Å². The molecule has 0 atom stereocenters. The molecule has 3 heteroatoms. The first kappa shape index (κ1) is 7.09. The summed E-state index contributed by atoms with van der Waals surface area (Å²) in [5.41, 5.74) is 3.19. The molecule has 2 aromatic rings. The lowest BCUT2D eigenvalue weighted by atomic mass is 10.0. The minimum atomic E-state index is -0.167. The van der Waals surface area contributed by atoms with Crippen LogP contribution >= 0.6 is 0 Å². The van der Waals surface area contributed by atoms with Crippen molar-refractivity contribution < 1.29 is 4.39 Å². The summed E-state index contributed by atoms with van der Waals surface area (Å²) in [6, 6.07) is 3.15. The standard InChI is InChI=1S/C10H9FN2/c11-8-1-6-3-12-4-7-5-13-9(2-8)10(6)7/h1-2,5,12-13H,3-4H2. The monoisotopic (exact) mass is 176 g/mol.